The summed E-state index contributed by atoms with van der Waals surface area (Å²) >= 11 is 5.81. The lowest BCUT2D eigenvalue weighted by Gasteiger charge is -2.26. The molecule has 0 heterocycles. The van der Waals surface area contributed by atoms with Crippen LogP contribution in [0.15, 0.2) is 18.2 Å². The zero-order chi connectivity index (χ0) is 12.3. The Bertz CT molecular complexity index is 405. The molecule has 88 valence electrons. The Hall–Kier alpha value is -1.17. The molecule has 0 aromatic heterocycles. The number of hydrogen-bond acceptors (Lipinski definition) is 4. The van der Waals surface area contributed by atoms with Gasteiger partial charge in [-0.3, -0.25) is 10.1 Å². The van der Waals surface area contributed by atoms with E-state index in [2.05, 4.69) is 0 Å². The molecule has 6 heteroatoms. The van der Waals surface area contributed by atoms with Crippen molar-refractivity contribution < 1.29 is 9.66 Å². The van der Waals surface area contributed by atoms with Gasteiger partial charge in [0, 0.05) is 19.7 Å². The van der Waals surface area contributed by atoms with Gasteiger partial charge in [0.05, 0.1) is 4.92 Å². The quantitative estimate of drug-likeness (QED) is 0.650. The van der Waals surface area contributed by atoms with E-state index in [4.69, 9.17) is 22.1 Å². The Labute approximate surface area is 98.3 Å². The second-order valence-corrected chi connectivity index (χ2v) is 3.97. The second kappa shape index (κ2) is 4.78. The molecule has 0 fully saturated rings. The third-order valence-corrected chi connectivity index (χ3v) is 2.90. The lowest BCUT2D eigenvalue weighted by atomic mass is 9.96. The molecule has 1 rings (SSSR count). The number of ether oxygens (including phenoxy) is 1. The second-order valence-electron chi connectivity index (χ2n) is 3.56. The fourth-order valence-electron chi connectivity index (χ4n) is 1.30. The fraction of sp³-hybridized carbons (Fsp3) is 0.400. The molecular weight excluding hydrogens is 232 g/mol. The maximum absolute atomic E-state index is 10.6. The first-order valence-corrected chi connectivity index (χ1v) is 5.02. The Morgan fingerprint density at radius 3 is 2.62 bits per heavy atom. The highest BCUT2D eigenvalue weighted by Crippen LogP contribution is 2.31. The van der Waals surface area contributed by atoms with Crippen molar-refractivity contribution in [1.29, 1.82) is 0 Å². The van der Waals surface area contributed by atoms with Crippen molar-refractivity contribution >= 4 is 17.3 Å². The van der Waals surface area contributed by atoms with Gasteiger partial charge in [0.1, 0.15) is 10.6 Å². The Kier molecular flexibility index (Phi) is 3.85. The van der Waals surface area contributed by atoms with E-state index in [0.717, 1.165) is 0 Å². The first kappa shape index (κ1) is 12.9. The first-order valence-electron chi connectivity index (χ1n) is 4.64. The van der Waals surface area contributed by atoms with Crippen molar-refractivity contribution in [3.63, 3.8) is 0 Å². The first-order chi connectivity index (χ1) is 7.44. The van der Waals surface area contributed by atoms with E-state index in [0.29, 0.717) is 5.56 Å². The summed E-state index contributed by atoms with van der Waals surface area (Å²) < 4.78 is 5.27. The maximum Gasteiger partial charge on any atom is 0.287 e. The van der Waals surface area contributed by atoms with Crippen LogP contribution in [0.25, 0.3) is 0 Å². The van der Waals surface area contributed by atoms with E-state index in [1.165, 1.54) is 19.2 Å². The zero-order valence-corrected chi connectivity index (χ0v) is 9.82. The van der Waals surface area contributed by atoms with Gasteiger partial charge in [-0.05, 0) is 24.6 Å². The highest BCUT2D eigenvalue weighted by molar-refractivity contribution is 6.32. The summed E-state index contributed by atoms with van der Waals surface area (Å²) in [6.45, 7) is 2.06. The van der Waals surface area contributed by atoms with Crippen molar-refractivity contribution in [1.82, 2.24) is 0 Å². The highest BCUT2D eigenvalue weighted by atomic mass is 35.5. The molecule has 0 aliphatic heterocycles. The maximum atomic E-state index is 10.6. The number of nitrogens with two attached hydrogens (primary N) is 1. The molecule has 0 saturated heterocycles. The van der Waals surface area contributed by atoms with Gasteiger partial charge in [-0.2, -0.15) is 0 Å². The van der Waals surface area contributed by atoms with Crippen LogP contribution in [-0.4, -0.2) is 18.6 Å². The highest BCUT2D eigenvalue weighted by Gasteiger charge is 2.26. The van der Waals surface area contributed by atoms with E-state index in [1.54, 1.807) is 13.0 Å². The third kappa shape index (κ3) is 2.32. The van der Waals surface area contributed by atoms with Crippen molar-refractivity contribution in [2.75, 3.05) is 13.7 Å². The smallest absolute Gasteiger partial charge is 0.287 e. The minimum atomic E-state index is -0.682. The topological polar surface area (TPSA) is 78.4 Å². The molecule has 1 unspecified atom stereocenters. The molecule has 0 amide bonds. The molecule has 0 aliphatic carbocycles. The Morgan fingerprint density at radius 2 is 2.25 bits per heavy atom. The summed E-state index contributed by atoms with van der Waals surface area (Å²) in [6.07, 6.45) is 0. The summed E-state index contributed by atoms with van der Waals surface area (Å²) in [5, 5.41) is 10.7. The minimum Gasteiger partial charge on any atom is -0.372 e. The van der Waals surface area contributed by atoms with Gasteiger partial charge in [0.2, 0.25) is 0 Å². The average molecular weight is 245 g/mol. The van der Waals surface area contributed by atoms with Gasteiger partial charge < -0.3 is 10.5 Å². The van der Waals surface area contributed by atoms with Crippen LogP contribution in [0.5, 0.6) is 0 Å². The van der Waals surface area contributed by atoms with Crippen LogP contribution in [-0.2, 0) is 10.3 Å². The number of methoxy groups -OCH3 is 1. The standard InChI is InChI=1S/C10H13ClN2O3/c1-10(6-12,16-2)7-3-4-9(13(14)15)8(11)5-7/h3-5H,6,12H2,1-2H3. The van der Waals surface area contributed by atoms with Crippen LogP contribution in [0.2, 0.25) is 5.02 Å². The van der Waals surface area contributed by atoms with Crippen LogP contribution < -0.4 is 5.73 Å². The molecule has 1 aromatic carbocycles. The SMILES string of the molecule is COC(C)(CN)c1ccc([N+](=O)[O-])c(Cl)c1. The molecule has 0 aliphatic rings. The van der Waals surface area contributed by atoms with Crippen LogP contribution in [0.1, 0.15) is 12.5 Å². The van der Waals surface area contributed by atoms with Crippen LogP contribution >= 0.6 is 11.6 Å². The largest absolute Gasteiger partial charge is 0.372 e. The van der Waals surface area contributed by atoms with Crippen LogP contribution in [0, 0.1) is 10.1 Å². The molecule has 16 heavy (non-hydrogen) atoms. The number of nitrogens with zero attached hydrogens (tertiary/aromatic N) is 1. The summed E-state index contributed by atoms with van der Waals surface area (Å²) in [4.78, 5) is 10.1. The van der Waals surface area contributed by atoms with Gasteiger partial charge in [0.25, 0.3) is 5.69 Å². The monoisotopic (exact) mass is 244 g/mol. The van der Waals surface area contributed by atoms with Gasteiger partial charge in [0.15, 0.2) is 0 Å². The predicted molar refractivity (Wildman–Crippen MR) is 61.5 cm³/mol. The molecule has 0 saturated carbocycles. The Balaban J connectivity index is 3.19. The van der Waals surface area contributed by atoms with E-state index in [9.17, 15) is 10.1 Å². The predicted octanol–water partition coefficient (Wildman–Crippen LogP) is 2.07. The van der Waals surface area contributed by atoms with E-state index < -0.39 is 10.5 Å². The summed E-state index contributed by atoms with van der Waals surface area (Å²) in [7, 11) is 1.53. The number of rotatable bonds is 4. The summed E-state index contributed by atoms with van der Waals surface area (Å²) in [5.41, 5.74) is 5.51. The normalized spacial score (nSPS) is 14.5. The Morgan fingerprint density at radius 1 is 1.62 bits per heavy atom. The lowest BCUT2D eigenvalue weighted by Crippen LogP contribution is -2.33. The number of hydrogen-bond donors (Lipinski definition) is 1. The van der Waals surface area contributed by atoms with Crippen molar-refractivity contribution in [2.45, 2.75) is 12.5 Å². The summed E-state index contributed by atoms with van der Waals surface area (Å²) in [6, 6.07) is 4.46. The average Bonchev–Trinajstić information content (AvgIpc) is 2.27. The number of benzene rings is 1. The molecule has 0 bridgehead atoms. The number of nitro benzene ring substituents is 1. The van der Waals surface area contributed by atoms with Crippen molar-refractivity contribution in [3.05, 3.63) is 38.9 Å². The van der Waals surface area contributed by atoms with Crippen LogP contribution in [0.4, 0.5) is 5.69 Å². The van der Waals surface area contributed by atoms with E-state index in [-0.39, 0.29) is 17.3 Å². The van der Waals surface area contributed by atoms with Gasteiger partial charge in [-0.15, -0.1) is 0 Å². The van der Waals surface area contributed by atoms with Gasteiger partial charge in [-0.25, -0.2) is 0 Å². The van der Waals surface area contributed by atoms with Gasteiger partial charge in [-0.1, -0.05) is 11.6 Å². The molecule has 2 N–H and O–H groups in total. The molecule has 0 spiro atoms. The van der Waals surface area contributed by atoms with Crippen molar-refractivity contribution in [3.8, 4) is 0 Å². The number of nitro groups is 1. The van der Waals surface area contributed by atoms with Gasteiger partial charge >= 0.3 is 0 Å². The molecule has 1 aromatic rings. The summed E-state index contributed by atoms with van der Waals surface area (Å²) in [5.74, 6) is 0. The van der Waals surface area contributed by atoms with Crippen LogP contribution in [0.3, 0.4) is 0 Å². The third-order valence-electron chi connectivity index (χ3n) is 2.60. The van der Waals surface area contributed by atoms with E-state index in [1.807, 2.05) is 0 Å². The molecule has 1 atom stereocenters. The number of halogens is 1. The fourth-order valence-corrected chi connectivity index (χ4v) is 1.55. The molecular formula is C10H13ClN2O3. The minimum absolute atomic E-state index is 0.0826. The lowest BCUT2D eigenvalue weighted by molar-refractivity contribution is -0.384. The molecule has 0 radical (unpaired) electrons. The zero-order valence-electron chi connectivity index (χ0n) is 9.07. The van der Waals surface area contributed by atoms with Crippen molar-refractivity contribution in [2.24, 2.45) is 5.73 Å². The van der Waals surface area contributed by atoms with E-state index >= 15 is 0 Å². The molecule has 5 nitrogen and oxygen atoms in total.